The Bertz CT molecular complexity index is 1050. The van der Waals surface area contributed by atoms with E-state index in [0.29, 0.717) is 18.1 Å². The number of carbonyl (C=O) groups excluding carboxylic acids is 2. The van der Waals surface area contributed by atoms with Gasteiger partial charge in [-0.25, -0.2) is 4.68 Å². The first-order valence-corrected chi connectivity index (χ1v) is 9.93. The molecule has 1 aliphatic rings. The average Bonchev–Trinajstić information content (AvgIpc) is 3.39. The molecule has 0 spiro atoms. The van der Waals surface area contributed by atoms with E-state index >= 15 is 0 Å². The van der Waals surface area contributed by atoms with Crippen LogP contribution in [0.25, 0.3) is 5.69 Å². The number of methoxy groups -OCH3 is 1. The lowest BCUT2D eigenvalue weighted by atomic mass is 10.1. The molecule has 1 atom stereocenters. The minimum atomic E-state index is -0.383. The Morgan fingerprint density at radius 2 is 1.87 bits per heavy atom. The van der Waals surface area contributed by atoms with E-state index < -0.39 is 0 Å². The van der Waals surface area contributed by atoms with Gasteiger partial charge in [0.15, 0.2) is 0 Å². The van der Waals surface area contributed by atoms with Gasteiger partial charge in [-0.05, 0) is 48.5 Å². The van der Waals surface area contributed by atoms with Crippen molar-refractivity contribution >= 4 is 29.1 Å². The van der Waals surface area contributed by atoms with Crippen LogP contribution >= 0.6 is 11.6 Å². The van der Waals surface area contributed by atoms with Crippen LogP contribution in [0.1, 0.15) is 12.0 Å². The summed E-state index contributed by atoms with van der Waals surface area (Å²) in [5.74, 6) is 0.138. The number of aromatic nitrogens is 2. The first-order valence-electron chi connectivity index (χ1n) is 9.55. The summed E-state index contributed by atoms with van der Waals surface area (Å²) in [6.45, 7) is 0.709. The second-order valence-corrected chi connectivity index (χ2v) is 7.53. The Labute approximate surface area is 179 Å². The molecular formula is C22H21ClN4O3. The van der Waals surface area contributed by atoms with E-state index in [9.17, 15) is 9.59 Å². The fourth-order valence-corrected chi connectivity index (χ4v) is 3.54. The summed E-state index contributed by atoms with van der Waals surface area (Å²) in [6, 6.07) is 14.6. The zero-order chi connectivity index (χ0) is 21.1. The van der Waals surface area contributed by atoms with Crippen molar-refractivity contribution in [1.29, 1.82) is 0 Å². The van der Waals surface area contributed by atoms with Crippen molar-refractivity contribution in [1.82, 2.24) is 15.1 Å². The second-order valence-electron chi connectivity index (χ2n) is 7.09. The maximum Gasteiger partial charge on any atom is 0.227 e. The molecule has 1 aromatic heterocycles. The topological polar surface area (TPSA) is 76.5 Å². The van der Waals surface area contributed by atoms with E-state index in [2.05, 4.69) is 10.4 Å². The van der Waals surface area contributed by atoms with Crippen molar-refractivity contribution in [3.05, 3.63) is 71.5 Å². The molecule has 0 aliphatic carbocycles. The van der Waals surface area contributed by atoms with Crippen LogP contribution in [0.5, 0.6) is 5.75 Å². The molecule has 1 aliphatic heterocycles. The summed E-state index contributed by atoms with van der Waals surface area (Å²) in [7, 11) is 1.59. The number of hydrogen-bond acceptors (Lipinski definition) is 4. The van der Waals surface area contributed by atoms with Crippen LogP contribution in [-0.4, -0.2) is 35.2 Å². The predicted octanol–water partition coefficient (Wildman–Crippen LogP) is 3.20. The van der Waals surface area contributed by atoms with Crippen LogP contribution < -0.4 is 15.0 Å². The van der Waals surface area contributed by atoms with E-state index in [1.54, 1.807) is 47.2 Å². The number of halogens is 1. The number of hydrogen-bond donors (Lipinski definition) is 1. The van der Waals surface area contributed by atoms with Crippen LogP contribution in [0.3, 0.4) is 0 Å². The maximum absolute atomic E-state index is 12.6. The van der Waals surface area contributed by atoms with Gasteiger partial charge in [-0.1, -0.05) is 11.6 Å². The Morgan fingerprint density at radius 1 is 1.17 bits per heavy atom. The lowest BCUT2D eigenvalue weighted by Gasteiger charge is -2.17. The lowest BCUT2D eigenvalue weighted by Crippen LogP contribution is -2.32. The van der Waals surface area contributed by atoms with Gasteiger partial charge in [0.2, 0.25) is 11.8 Å². The smallest absolute Gasteiger partial charge is 0.227 e. The Morgan fingerprint density at radius 3 is 2.57 bits per heavy atom. The highest BCUT2D eigenvalue weighted by Gasteiger charge is 2.35. The molecule has 154 valence electrons. The largest absolute Gasteiger partial charge is 0.497 e. The standard InChI is InChI=1S/C22H21ClN4O3/c1-30-20-8-6-18(7-9-20)26-14-16(10-21(26)28)22(29)24-11-15-12-25-27(13-15)19-4-2-17(23)3-5-19/h2-9,12-13,16H,10-11,14H2,1H3,(H,24,29). The van der Waals surface area contributed by atoms with E-state index in [0.717, 1.165) is 22.7 Å². The number of anilines is 1. The Balaban J connectivity index is 1.34. The van der Waals surface area contributed by atoms with Crippen molar-refractivity contribution < 1.29 is 14.3 Å². The third-order valence-electron chi connectivity index (χ3n) is 5.07. The summed E-state index contributed by atoms with van der Waals surface area (Å²) < 4.78 is 6.87. The number of benzene rings is 2. The van der Waals surface area contributed by atoms with E-state index in [1.165, 1.54) is 0 Å². The monoisotopic (exact) mass is 424 g/mol. The van der Waals surface area contributed by atoms with Crippen molar-refractivity contribution in [2.45, 2.75) is 13.0 Å². The number of carbonyl (C=O) groups is 2. The number of nitrogens with one attached hydrogen (secondary N) is 1. The molecule has 2 heterocycles. The molecule has 1 N–H and O–H groups in total. The summed E-state index contributed by atoms with van der Waals surface area (Å²) >= 11 is 5.91. The molecule has 0 bridgehead atoms. The molecule has 1 fully saturated rings. The summed E-state index contributed by atoms with van der Waals surface area (Å²) in [5.41, 5.74) is 2.52. The number of amides is 2. The minimum absolute atomic E-state index is 0.0594. The zero-order valence-electron chi connectivity index (χ0n) is 16.4. The molecule has 30 heavy (non-hydrogen) atoms. The highest BCUT2D eigenvalue weighted by Crippen LogP contribution is 2.27. The van der Waals surface area contributed by atoms with Crippen molar-refractivity contribution in [3.63, 3.8) is 0 Å². The van der Waals surface area contributed by atoms with Crippen LogP contribution in [0.4, 0.5) is 5.69 Å². The van der Waals surface area contributed by atoms with Gasteiger partial charge in [0.05, 0.1) is 24.9 Å². The Kier molecular flexibility index (Phi) is 5.72. The molecule has 0 saturated carbocycles. The van der Waals surface area contributed by atoms with Gasteiger partial charge in [-0.2, -0.15) is 5.10 Å². The fraction of sp³-hybridized carbons (Fsp3) is 0.227. The van der Waals surface area contributed by atoms with Gasteiger partial charge in [-0.15, -0.1) is 0 Å². The van der Waals surface area contributed by atoms with E-state index in [4.69, 9.17) is 16.3 Å². The third-order valence-corrected chi connectivity index (χ3v) is 5.33. The molecule has 1 unspecified atom stereocenters. The SMILES string of the molecule is COc1ccc(N2CC(C(=O)NCc3cnn(-c4ccc(Cl)cc4)c3)CC2=O)cc1. The molecule has 4 rings (SSSR count). The normalized spacial score (nSPS) is 16.0. The lowest BCUT2D eigenvalue weighted by molar-refractivity contribution is -0.126. The third kappa shape index (κ3) is 4.31. The first kappa shape index (κ1) is 20.0. The molecule has 8 heteroatoms. The van der Waals surface area contributed by atoms with Gasteiger partial charge in [-0.3, -0.25) is 9.59 Å². The quantitative estimate of drug-likeness (QED) is 0.659. The first-order chi connectivity index (χ1) is 14.5. The number of nitrogens with zero attached hydrogens (tertiary/aromatic N) is 3. The fourth-order valence-electron chi connectivity index (χ4n) is 3.41. The highest BCUT2D eigenvalue weighted by atomic mass is 35.5. The molecular weight excluding hydrogens is 404 g/mol. The molecule has 1 saturated heterocycles. The maximum atomic E-state index is 12.6. The van der Waals surface area contributed by atoms with E-state index in [1.807, 2.05) is 30.5 Å². The minimum Gasteiger partial charge on any atom is -0.497 e. The van der Waals surface area contributed by atoms with Crippen molar-refractivity contribution in [2.75, 3.05) is 18.6 Å². The molecule has 2 amide bonds. The van der Waals surface area contributed by atoms with Gasteiger partial charge in [0, 0.05) is 42.0 Å². The summed E-state index contributed by atoms with van der Waals surface area (Å²) in [6.07, 6.45) is 3.76. The van der Waals surface area contributed by atoms with E-state index in [-0.39, 0.29) is 24.2 Å². The van der Waals surface area contributed by atoms with Gasteiger partial charge in [0.1, 0.15) is 5.75 Å². The van der Waals surface area contributed by atoms with Crippen LogP contribution in [0.15, 0.2) is 60.9 Å². The van der Waals surface area contributed by atoms with Crippen molar-refractivity contribution in [2.24, 2.45) is 5.92 Å². The van der Waals surface area contributed by atoms with Gasteiger partial charge >= 0.3 is 0 Å². The van der Waals surface area contributed by atoms with Gasteiger partial charge in [0.25, 0.3) is 0 Å². The summed E-state index contributed by atoms with van der Waals surface area (Å²) in [5, 5.41) is 7.89. The predicted molar refractivity (Wildman–Crippen MR) is 114 cm³/mol. The molecule has 3 aromatic rings. The average molecular weight is 425 g/mol. The number of ether oxygens (including phenoxy) is 1. The molecule has 0 radical (unpaired) electrons. The Hall–Kier alpha value is -3.32. The van der Waals surface area contributed by atoms with Crippen molar-refractivity contribution in [3.8, 4) is 11.4 Å². The zero-order valence-corrected chi connectivity index (χ0v) is 17.2. The van der Waals surface area contributed by atoms with Gasteiger partial charge < -0.3 is 15.0 Å². The van der Waals surface area contributed by atoms with Crippen LogP contribution in [0.2, 0.25) is 5.02 Å². The molecule has 2 aromatic carbocycles. The van der Waals surface area contributed by atoms with Crippen LogP contribution in [0, 0.1) is 5.92 Å². The highest BCUT2D eigenvalue weighted by molar-refractivity contribution is 6.30. The molecule has 7 nitrogen and oxygen atoms in total. The number of rotatable bonds is 6. The van der Waals surface area contributed by atoms with Crippen LogP contribution in [-0.2, 0) is 16.1 Å². The summed E-state index contributed by atoms with van der Waals surface area (Å²) in [4.78, 5) is 26.6. The second kappa shape index (κ2) is 8.59.